The second-order valence-corrected chi connectivity index (χ2v) is 7.68. The third-order valence-corrected chi connectivity index (χ3v) is 5.47. The Labute approximate surface area is 171 Å². The molecule has 0 aliphatic heterocycles. The van der Waals surface area contributed by atoms with Gasteiger partial charge in [-0.3, -0.25) is 4.79 Å². The quantitative estimate of drug-likeness (QED) is 0.582. The summed E-state index contributed by atoms with van der Waals surface area (Å²) >= 11 is 5.93. The number of benzene rings is 2. The van der Waals surface area contributed by atoms with Crippen LogP contribution in [0.3, 0.4) is 0 Å². The molecule has 0 bridgehead atoms. The molecule has 0 unspecified atom stereocenters. The van der Waals surface area contributed by atoms with Gasteiger partial charge in [-0.15, -0.1) is 0 Å². The molecule has 0 radical (unpaired) electrons. The van der Waals surface area contributed by atoms with Crippen LogP contribution in [-0.4, -0.2) is 18.5 Å². The van der Waals surface area contributed by atoms with Crippen LogP contribution in [0.4, 0.5) is 23.2 Å². The highest BCUT2D eigenvalue weighted by atomic mass is 35.5. The van der Waals surface area contributed by atoms with Crippen LogP contribution in [0.1, 0.15) is 41.6 Å². The largest absolute Gasteiger partial charge is 0.416 e. The zero-order chi connectivity index (χ0) is 21.0. The third-order valence-electron chi connectivity index (χ3n) is 5.14. The van der Waals surface area contributed by atoms with Gasteiger partial charge in [0.25, 0.3) is 5.91 Å². The van der Waals surface area contributed by atoms with Crippen molar-refractivity contribution in [2.45, 2.75) is 37.9 Å². The van der Waals surface area contributed by atoms with Gasteiger partial charge in [0.1, 0.15) is 5.82 Å². The number of anilines is 1. The number of carbonyl (C=O) groups is 1. The summed E-state index contributed by atoms with van der Waals surface area (Å²) < 4.78 is 51.9. The summed E-state index contributed by atoms with van der Waals surface area (Å²) in [5, 5.41) is 6.00. The smallest absolute Gasteiger partial charge is 0.385 e. The van der Waals surface area contributed by atoms with Crippen molar-refractivity contribution in [2.75, 3.05) is 11.9 Å². The molecule has 2 aromatic carbocycles. The van der Waals surface area contributed by atoms with E-state index in [0.717, 1.165) is 49.6 Å². The third kappa shape index (κ3) is 5.85. The summed E-state index contributed by atoms with van der Waals surface area (Å²) in [6.45, 7) is 0.698. The molecule has 2 N–H and O–H groups in total. The molecule has 0 spiro atoms. The highest BCUT2D eigenvalue weighted by molar-refractivity contribution is 6.33. The Kier molecular flexibility index (Phi) is 6.67. The molecule has 1 aliphatic carbocycles. The van der Waals surface area contributed by atoms with E-state index >= 15 is 0 Å². The first kappa shape index (κ1) is 21.4. The maximum absolute atomic E-state index is 13.2. The molecule has 8 heteroatoms. The molecule has 1 aliphatic rings. The van der Waals surface area contributed by atoms with Gasteiger partial charge in [-0.25, -0.2) is 4.39 Å². The first-order chi connectivity index (χ1) is 13.7. The van der Waals surface area contributed by atoms with E-state index in [0.29, 0.717) is 12.5 Å². The van der Waals surface area contributed by atoms with E-state index in [-0.39, 0.29) is 22.4 Å². The van der Waals surface area contributed by atoms with Crippen LogP contribution in [0.2, 0.25) is 5.02 Å². The van der Waals surface area contributed by atoms with Gasteiger partial charge in [0, 0.05) is 18.3 Å². The van der Waals surface area contributed by atoms with E-state index in [1.165, 1.54) is 12.1 Å². The average Bonchev–Trinajstić information content (AvgIpc) is 2.67. The Hall–Kier alpha value is -2.28. The number of alkyl halides is 3. The van der Waals surface area contributed by atoms with Crippen molar-refractivity contribution in [3.05, 3.63) is 64.4 Å². The maximum Gasteiger partial charge on any atom is 0.416 e. The Bertz CT molecular complexity index is 864. The van der Waals surface area contributed by atoms with Crippen molar-refractivity contribution in [3.8, 4) is 0 Å². The lowest BCUT2D eigenvalue weighted by molar-refractivity contribution is -0.137. The monoisotopic (exact) mass is 428 g/mol. The van der Waals surface area contributed by atoms with Gasteiger partial charge >= 0.3 is 6.18 Å². The standard InChI is InChI=1S/C21H21ClF4N2O/c22-19-9-6-14(21(24,25)26)10-18(19)20(29)28-16-7-4-13(5-8-16)12-27-17-3-1-2-15(23)11-17/h1-3,6,9-11,13,16,27H,4-5,7-8,12H2,(H,28,29)/t13-,16-. The number of halogens is 5. The minimum absolute atomic E-state index is 0.0107. The summed E-state index contributed by atoms with van der Waals surface area (Å²) in [7, 11) is 0. The normalized spacial score (nSPS) is 19.6. The van der Waals surface area contributed by atoms with Gasteiger partial charge in [0.05, 0.1) is 16.1 Å². The summed E-state index contributed by atoms with van der Waals surface area (Å²) in [6, 6.07) is 8.88. The second kappa shape index (κ2) is 9.03. The molecule has 0 saturated heterocycles. The van der Waals surface area contributed by atoms with Gasteiger partial charge in [0.15, 0.2) is 0 Å². The number of hydrogen-bond donors (Lipinski definition) is 2. The maximum atomic E-state index is 13.2. The number of nitrogens with one attached hydrogen (secondary N) is 2. The van der Waals surface area contributed by atoms with Crippen molar-refractivity contribution < 1.29 is 22.4 Å². The zero-order valence-corrected chi connectivity index (χ0v) is 16.3. The van der Waals surface area contributed by atoms with Crippen molar-refractivity contribution in [2.24, 2.45) is 5.92 Å². The lowest BCUT2D eigenvalue weighted by atomic mass is 9.86. The number of carbonyl (C=O) groups excluding carboxylic acids is 1. The van der Waals surface area contributed by atoms with Crippen molar-refractivity contribution >= 4 is 23.2 Å². The number of amides is 1. The van der Waals surface area contributed by atoms with Crippen LogP contribution in [0.5, 0.6) is 0 Å². The number of hydrogen-bond acceptors (Lipinski definition) is 2. The Morgan fingerprint density at radius 3 is 2.45 bits per heavy atom. The van der Waals surface area contributed by atoms with Crippen LogP contribution >= 0.6 is 11.6 Å². The SMILES string of the molecule is O=C(N[C@H]1CC[C@H](CNc2cccc(F)c2)CC1)c1cc(C(F)(F)F)ccc1Cl. The molecule has 2 aromatic rings. The van der Waals surface area contributed by atoms with Crippen molar-refractivity contribution in [3.63, 3.8) is 0 Å². The fraction of sp³-hybridized carbons (Fsp3) is 0.381. The second-order valence-electron chi connectivity index (χ2n) is 7.27. The van der Waals surface area contributed by atoms with E-state index in [1.807, 2.05) is 0 Å². The van der Waals surface area contributed by atoms with Crippen LogP contribution in [-0.2, 0) is 6.18 Å². The lowest BCUT2D eigenvalue weighted by Crippen LogP contribution is -2.38. The highest BCUT2D eigenvalue weighted by Gasteiger charge is 2.32. The summed E-state index contributed by atoms with van der Waals surface area (Å²) in [5.41, 5.74) is -0.352. The first-order valence-corrected chi connectivity index (χ1v) is 9.77. The molecule has 3 nitrogen and oxygen atoms in total. The van der Waals surface area contributed by atoms with Crippen LogP contribution in [0, 0.1) is 11.7 Å². The molecule has 3 rings (SSSR count). The van der Waals surface area contributed by atoms with Crippen molar-refractivity contribution in [1.29, 1.82) is 0 Å². The molecular weight excluding hydrogens is 408 g/mol. The fourth-order valence-electron chi connectivity index (χ4n) is 3.51. The summed E-state index contributed by atoms with van der Waals surface area (Å²) in [4.78, 5) is 12.4. The molecule has 0 heterocycles. The van der Waals surface area contributed by atoms with Gasteiger partial charge in [0.2, 0.25) is 0 Å². The van der Waals surface area contributed by atoms with E-state index in [1.54, 1.807) is 12.1 Å². The van der Waals surface area contributed by atoms with E-state index in [4.69, 9.17) is 11.6 Å². The summed E-state index contributed by atoms with van der Waals surface area (Å²) in [5.74, 6) is -0.513. The van der Waals surface area contributed by atoms with Gasteiger partial charge in [-0.1, -0.05) is 17.7 Å². The van der Waals surface area contributed by atoms with Crippen molar-refractivity contribution in [1.82, 2.24) is 5.32 Å². The zero-order valence-electron chi connectivity index (χ0n) is 15.5. The Morgan fingerprint density at radius 1 is 1.07 bits per heavy atom. The van der Waals surface area contributed by atoms with Crippen LogP contribution in [0.25, 0.3) is 0 Å². The van der Waals surface area contributed by atoms with Gasteiger partial charge in [-0.05, 0) is 68.0 Å². The Balaban J connectivity index is 1.51. The van der Waals surface area contributed by atoms with E-state index in [9.17, 15) is 22.4 Å². The minimum Gasteiger partial charge on any atom is -0.385 e. The topological polar surface area (TPSA) is 41.1 Å². The molecule has 156 valence electrons. The predicted octanol–water partition coefficient (Wildman–Crippen LogP) is 5.90. The molecular formula is C21H21ClF4N2O. The molecule has 1 amide bonds. The first-order valence-electron chi connectivity index (χ1n) is 9.39. The lowest BCUT2D eigenvalue weighted by Gasteiger charge is -2.29. The average molecular weight is 429 g/mol. The number of rotatable bonds is 5. The Morgan fingerprint density at radius 2 is 1.79 bits per heavy atom. The fourth-order valence-corrected chi connectivity index (χ4v) is 3.71. The van der Waals surface area contributed by atoms with Gasteiger partial charge in [-0.2, -0.15) is 13.2 Å². The molecule has 0 atom stereocenters. The minimum atomic E-state index is -4.54. The summed E-state index contributed by atoms with van der Waals surface area (Å²) in [6.07, 6.45) is -1.39. The van der Waals surface area contributed by atoms with Crippen LogP contribution in [0.15, 0.2) is 42.5 Å². The molecule has 0 aromatic heterocycles. The van der Waals surface area contributed by atoms with Gasteiger partial charge < -0.3 is 10.6 Å². The van der Waals surface area contributed by atoms with Crippen LogP contribution < -0.4 is 10.6 Å². The van der Waals surface area contributed by atoms with E-state index in [2.05, 4.69) is 10.6 Å². The molecule has 29 heavy (non-hydrogen) atoms. The predicted molar refractivity (Wildman–Crippen MR) is 105 cm³/mol. The highest BCUT2D eigenvalue weighted by Crippen LogP contribution is 2.32. The van der Waals surface area contributed by atoms with E-state index < -0.39 is 17.6 Å². The molecule has 1 saturated carbocycles. The molecule has 1 fully saturated rings.